The summed E-state index contributed by atoms with van der Waals surface area (Å²) in [7, 11) is 0. The van der Waals surface area contributed by atoms with Crippen LogP contribution in [0.3, 0.4) is 0 Å². The molecule has 1 unspecified atom stereocenters. The van der Waals surface area contributed by atoms with Gasteiger partial charge in [0.15, 0.2) is 0 Å². The SMILES string of the molecule is CCC(=O)NC(Cc1ccc(CNC(=O)CN)cc1)C(=O)N1CCN(Cc2ccccc2)CC1. The number of piperazine rings is 1. The van der Waals surface area contributed by atoms with Crippen LogP contribution in [0.15, 0.2) is 54.6 Å². The minimum atomic E-state index is -0.601. The van der Waals surface area contributed by atoms with Crippen LogP contribution in [0.2, 0.25) is 0 Å². The van der Waals surface area contributed by atoms with E-state index in [1.54, 1.807) is 6.92 Å². The van der Waals surface area contributed by atoms with E-state index < -0.39 is 6.04 Å². The topological polar surface area (TPSA) is 108 Å². The molecule has 1 aliphatic heterocycles. The van der Waals surface area contributed by atoms with Gasteiger partial charge in [0.05, 0.1) is 6.54 Å². The number of hydrogen-bond acceptors (Lipinski definition) is 5. The summed E-state index contributed by atoms with van der Waals surface area (Å²) in [5.41, 5.74) is 8.47. The van der Waals surface area contributed by atoms with Gasteiger partial charge in [0.2, 0.25) is 17.7 Å². The maximum absolute atomic E-state index is 13.3. The minimum absolute atomic E-state index is 0.0413. The molecule has 8 nitrogen and oxygen atoms in total. The second-order valence-electron chi connectivity index (χ2n) is 8.56. The molecular weight excluding hydrogens is 430 g/mol. The Morgan fingerprint density at radius 1 is 0.882 bits per heavy atom. The van der Waals surface area contributed by atoms with E-state index in [-0.39, 0.29) is 24.3 Å². The van der Waals surface area contributed by atoms with Crippen molar-refractivity contribution in [3.05, 3.63) is 71.3 Å². The quantitative estimate of drug-likeness (QED) is 0.486. The van der Waals surface area contributed by atoms with Gasteiger partial charge < -0.3 is 21.3 Å². The van der Waals surface area contributed by atoms with Gasteiger partial charge in [0, 0.05) is 52.1 Å². The van der Waals surface area contributed by atoms with Crippen LogP contribution in [-0.2, 0) is 33.9 Å². The Balaban J connectivity index is 1.58. The van der Waals surface area contributed by atoms with Crippen LogP contribution >= 0.6 is 0 Å². The molecule has 0 aliphatic carbocycles. The molecule has 8 heteroatoms. The normalized spacial score (nSPS) is 14.9. The smallest absolute Gasteiger partial charge is 0.245 e. The van der Waals surface area contributed by atoms with Gasteiger partial charge in [-0.05, 0) is 16.7 Å². The molecule has 2 aromatic rings. The third-order valence-electron chi connectivity index (χ3n) is 6.03. The lowest BCUT2D eigenvalue weighted by Crippen LogP contribution is -2.55. The van der Waals surface area contributed by atoms with Crippen molar-refractivity contribution in [2.45, 2.75) is 38.9 Å². The van der Waals surface area contributed by atoms with Crippen molar-refractivity contribution in [3.8, 4) is 0 Å². The van der Waals surface area contributed by atoms with Crippen LogP contribution in [0.4, 0.5) is 0 Å². The number of nitrogens with one attached hydrogen (secondary N) is 2. The lowest BCUT2D eigenvalue weighted by molar-refractivity contribution is -0.138. The number of benzene rings is 2. The summed E-state index contributed by atoms with van der Waals surface area (Å²) in [4.78, 5) is 41.0. The van der Waals surface area contributed by atoms with Gasteiger partial charge in [-0.2, -0.15) is 0 Å². The molecule has 1 heterocycles. The van der Waals surface area contributed by atoms with Crippen molar-refractivity contribution < 1.29 is 14.4 Å². The number of rotatable bonds is 10. The third kappa shape index (κ3) is 7.67. The Bertz CT molecular complexity index is 941. The highest BCUT2D eigenvalue weighted by Crippen LogP contribution is 2.13. The molecule has 4 N–H and O–H groups in total. The van der Waals surface area contributed by atoms with Gasteiger partial charge in [-0.25, -0.2) is 0 Å². The maximum atomic E-state index is 13.3. The first-order valence-corrected chi connectivity index (χ1v) is 11.9. The molecule has 3 amide bonds. The molecule has 34 heavy (non-hydrogen) atoms. The number of carbonyl (C=O) groups is 3. The van der Waals surface area contributed by atoms with Gasteiger partial charge in [0.1, 0.15) is 6.04 Å². The zero-order valence-electron chi connectivity index (χ0n) is 19.8. The first-order chi connectivity index (χ1) is 16.5. The fraction of sp³-hybridized carbons (Fsp3) is 0.423. The lowest BCUT2D eigenvalue weighted by atomic mass is 10.0. The first-order valence-electron chi connectivity index (χ1n) is 11.9. The molecule has 3 rings (SSSR count). The summed E-state index contributed by atoms with van der Waals surface area (Å²) in [5, 5.41) is 5.65. The van der Waals surface area contributed by atoms with E-state index in [9.17, 15) is 14.4 Å². The summed E-state index contributed by atoms with van der Waals surface area (Å²) in [6.07, 6.45) is 0.749. The van der Waals surface area contributed by atoms with Gasteiger partial charge in [-0.3, -0.25) is 19.3 Å². The zero-order chi connectivity index (χ0) is 24.3. The van der Waals surface area contributed by atoms with E-state index in [1.165, 1.54) is 5.56 Å². The number of hydrogen-bond donors (Lipinski definition) is 3. The number of nitrogens with zero attached hydrogens (tertiary/aromatic N) is 2. The summed E-state index contributed by atoms with van der Waals surface area (Å²) in [6.45, 7) is 5.91. The number of amides is 3. The average Bonchev–Trinajstić information content (AvgIpc) is 2.88. The average molecular weight is 466 g/mol. The Kier molecular flexibility index (Phi) is 9.61. The van der Waals surface area contributed by atoms with E-state index in [1.807, 2.05) is 47.4 Å². The van der Waals surface area contributed by atoms with Crippen molar-refractivity contribution in [1.82, 2.24) is 20.4 Å². The standard InChI is InChI=1S/C26H35N5O3/c1-2-24(32)29-23(16-20-8-10-21(11-9-20)18-28-25(33)17-27)26(34)31-14-12-30(13-15-31)19-22-6-4-3-5-7-22/h3-11,23H,2,12-19,27H2,1H3,(H,28,33)(H,29,32). The minimum Gasteiger partial charge on any atom is -0.351 e. The summed E-state index contributed by atoms with van der Waals surface area (Å²) >= 11 is 0. The van der Waals surface area contributed by atoms with Crippen molar-refractivity contribution in [2.24, 2.45) is 5.73 Å². The van der Waals surface area contributed by atoms with Crippen LogP contribution in [0.1, 0.15) is 30.0 Å². The summed E-state index contributed by atoms with van der Waals surface area (Å²) in [5.74, 6) is -0.386. The molecule has 0 spiro atoms. The molecule has 1 fully saturated rings. The summed E-state index contributed by atoms with van der Waals surface area (Å²) < 4.78 is 0. The highest BCUT2D eigenvalue weighted by atomic mass is 16.2. The van der Waals surface area contributed by atoms with Crippen LogP contribution < -0.4 is 16.4 Å². The molecule has 1 saturated heterocycles. The Labute approximate surface area is 201 Å². The molecule has 0 saturated carbocycles. The highest BCUT2D eigenvalue weighted by Gasteiger charge is 2.28. The van der Waals surface area contributed by atoms with Gasteiger partial charge in [-0.15, -0.1) is 0 Å². The van der Waals surface area contributed by atoms with E-state index in [0.717, 1.165) is 30.8 Å². The van der Waals surface area contributed by atoms with Gasteiger partial charge in [0.25, 0.3) is 0 Å². The Hall–Kier alpha value is -3.23. The Morgan fingerprint density at radius 3 is 2.15 bits per heavy atom. The maximum Gasteiger partial charge on any atom is 0.245 e. The van der Waals surface area contributed by atoms with Gasteiger partial charge in [-0.1, -0.05) is 61.5 Å². The number of carbonyl (C=O) groups excluding carboxylic acids is 3. The molecule has 1 aliphatic rings. The van der Waals surface area contributed by atoms with Crippen molar-refractivity contribution in [1.29, 1.82) is 0 Å². The van der Waals surface area contributed by atoms with Gasteiger partial charge >= 0.3 is 0 Å². The largest absolute Gasteiger partial charge is 0.351 e. The first kappa shape index (κ1) is 25.4. The summed E-state index contributed by atoms with van der Waals surface area (Å²) in [6, 6.07) is 17.4. The molecule has 182 valence electrons. The third-order valence-corrected chi connectivity index (χ3v) is 6.03. The Morgan fingerprint density at radius 2 is 1.53 bits per heavy atom. The lowest BCUT2D eigenvalue weighted by Gasteiger charge is -2.36. The molecule has 0 radical (unpaired) electrons. The van der Waals surface area contributed by atoms with Crippen LogP contribution in [0, 0.1) is 0 Å². The highest BCUT2D eigenvalue weighted by molar-refractivity contribution is 5.88. The van der Waals surface area contributed by atoms with Crippen LogP contribution in [-0.4, -0.2) is 66.3 Å². The van der Waals surface area contributed by atoms with Crippen molar-refractivity contribution >= 4 is 17.7 Å². The monoisotopic (exact) mass is 465 g/mol. The van der Waals surface area contributed by atoms with E-state index in [2.05, 4.69) is 27.7 Å². The second kappa shape index (κ2) is 12.9. The fourth-order valence-electron chi connectivity index (χ4n) is 3.99. The zero-order valence-corrected chi connectivity index (χ0v) is 19.8. The fourth-order valence-corrected chi connectivity index (χ4v) is 3.99. The van der Waals surface area contributed by atoms with E-state index >= 15 is 0 Å². The molecule has 1 atom stereocenters. The predicted octanol–water partition coefficient (Wildman–Crippen LogP) is 1.04. The van der Waals surface area contributed by atoms with Crippen molar-refractivity contribution in [2.75, 3.05) is 32.7 Å². The molecule has 2 aromatic carbocycles. The predicted molar refractivity (Wildman–Crippen MR) is 132 cm³/mol. The van der Waals surface area contributed by atoms with E-state index in [0.29, 0.717) is 32.5 Å². The molecular formula is C26H35N5O3. The van der Waals surface area contributed by atoms with E-state index in [4.69, 9.17) is 5.73 Å². The molecule has 0 bridgehead atoms. The van der Waals surface area contributed by atoms with Crippen LogP contribution in [0.5, 0.6) is 0 Å². The molecule has 0 aromatic heterocycles. The number of nitrogens with two attached hydrogens (primary N) is 1. The second-order valence-corrected chi connectivity index (χ2v) is 8.56. The van der Waals surface area contributed by atoms with Crippen LogP contribution in [0.25, 0.3) is 0 Å². The van der Waals surface area contributed by atoms with Crippen molar-refractivity contribution in [3.63, 3.8) is 0 Å².